The van der Waals surface area contributed by atoms with Crippen LogP contribution in [0, 0.1) is 5.92 Å². The first-order valence-corrected chi connectivity index (χ1v) is 6.65. The van der Waals surface area contributed by atoms with Crippen molar-refractivity contribution in [1.29, 1.82) is 0 Å². The van der Waals surface area contributed by atoms with Crippen molar-refractivity contribution >= 4 is 0 Å². The van der Waals surface area contributed by atoms with Gasteiger partial charge in [-0.3, -0.25) is 0 Å². The molecule has 1 saturated carbocycles. The molecular formula is C13H26N2. The molecule has 0 atom stereocenters. The maximum absolute atomic E-state index is 6.51. The molecule has 2 aliphatic rings. The Morgan fingerprint density at radius 1 is 1.13 bits per heavy atom. The summed E-state index contributed by atoms with van der Waals surface area (Å²) in [4.78, 5) is 2.45. The van der Waals surface area contributed by atoms with Gasteiger partial charge in [0, 0.05) is 5.54 Å². The van der Waals surface area contributed by atoms with Crippen LogP contribution in [0.5, 0.6) is 0 Å². The van der Waals surface area contributed by atoms with Crippen LogP contribution in [0.15, 0.2) is 0 Å². The Labute approximate surface area is 94.2 Å². The van der Waals surface area contributed by atoms with Gasteiger partial charge in [-0.25, -0.2) is 0 Å². The summed E-state index contributed by atoms with van der Waals surface area (Å²) in [6, 6.07) is 0. The van der Waals surface area contributed by atoms with Gasteiger partial charge in [0.15, 0.2) is 0 Å². The number of likely N-dealkylation sites (tertiary alicyclic amines) is 1. The molecule has 0 spiro atoms. The third-order valence-electron chi connectivity index (χ3n) is 4.38. The van der Waals surface area contributed by atoms with Gasteiger partial charge >= 0.3 is 0 Å². The normalized spacial score (nSPS) is 29.2. The molecule has 0 aromatic heterocycles. The SMILES string of the molecule is CN1CCC(CC2(N)CCCCC2)CC1. The van der Waals surface area contributed by atoms with Crippen LogP contribution in [-0.4, -0.2) is 30.6 Å². The van der Waals surface area contributed by atoms with E-state index in [1.807, 2.05) is 0 Å². The van der Waals surface area contributed by atoms with E-state index in [2.05, 4.69) is 11.9 Å². The van der Waals surface area contributed by atoms with Crippen molar-refractivity contribution in [2.24, 2.45) is 11.7 Å². The summed E-state index contributed by atoms with van der Waals surface area (Å²) >= 11 is 0. The summed E-state index contributed by atoms with van der Waals surface area (Å²) in [5, 5.41) is 0. The molecular weight excluding hydrogens is 184 g/mol. The average Bonchev–Trinajstić information content (AvgIpc) is 2.22. The molecule has 0 aromatic rings. The van der Waals surface area contributed by atoms with Crippen LogP contribution in [-0.2, 0) is 0 Å². The summed E-state index contributed by atoms with van der Waals surface area (Å²) in [7, 11) is 2.23. The second-order valence-corrected chi connectivity index (χ2v) is 5.87. The van der Waals surface area contributed by atoms with E-state index in [-0.39, 0.29) is 5.54 Å². The summed E-state index contributed by atoms with van der Waals surface area (Å²) in [6.07, 6.45) is 10.7. The van der Waals surface area contributed by atoms with E-state index in [9.17, 15) is 0 Å². The molecule has 0 amide bonds. The number of hydrogen-bond donors (Lipinski definition) is 1. The van der Waals surface area contributed by atoms with Crippen molar-refractivity contribution in [3.05, 3.63) is 0 Å². The molecule has 2 heteroatoms. The minimum absolute atomic E-state index is 0.207. The van der Waals surface area contributed by atoms with Crippen molar-refractivity contribution in [1.82, 2.24) is 4.90 Å². The largest absolute Gasteiger partial charge is 0.325 e. The Kier molecular flexibility index (Phi) is 3.68. The molecule has 0 radical (unpaired) electrons. The van der Waals surface area contributed by atoms with Gasteiger partial charge in [-0.2, -0.15) is 0 Å². The number of piperidine rings is 1. The highest BCUT2D eigenvalue weighted by atomic mass is 15.1. The van der Waals surface area contributed by atoms with Crippen molar-refractivity contribution in [2.75, 3.05) is 20.1 Å². The molecule has 1 aliphatic heterocycles. The molecule has 0 bridgehead atoms. The summed E-state index contributed by atoms with van der Waals surface area (Å²) in [6.45, 7) is 2.56. The van der Waals surface area contributed by atoms with Gasteiger partial charge < -0.3 is 10.6 Å². The number of nitrogens with two attached hydrogens (primary N) is 1. The van der Waals surface area contributed by atoms with Crippen LogP contribution < -0.4 is 5.73 Å². The molecule has 1 aliphatic carbocycles. The standard InChI is InChI=1S/C13H26N2/c1-15-9-5-12(6-10-15)11-13(14)7-3-2-4-8-13/h12H,2-11,14H2,1H3. The lowest BCUT2D eigenvalue weighted by atomic mass is 9.74. The van der Waals surface area contributed by atoms with Gasteiger partial charge in [0.25, 0.3) is 0 Å². The minimum atomic E-state index is 0.207. The van der Waals surface area contributed by atoms with E-state index < -0.39 is 0 Å². The van der Waals surface area contributed by atoms with Crippen molar-refractivity contribution in [3.63, 3.8) is 0 Å². The molecule has 88 valence electrons. The Morgan fingerprint density at radius 3 is 2.33 bits per heavy atom. The van der Waals surface area contributed by atoms with E-state index in [1.165, 1.54) is 64.5 Å². The predicted molar refractivity (Wildman–Crippen MR) is 64.8 cm³/mol. The first-order valence-electron chi connectivity index (χ1n) is 6.65. The fraction of sp³-hybridized carbons (Fsp3) is 1.00. The van der Waals surface area contributed by atoms with Gasteiger partial charge in [-0.1, -0.05) is 19.3 Å². The Bertz CT molecular complexity index is 189. The van der Waals surface area contributed by atoms with Crippen molar-refractivity contribution < 1.29 is 0 Å². The van der Waals surface area contributed by atoms with Crippen molar-refractivity contribution in [3.8, 4) is 0 Å². The lowest BCUT2D eigenvalue weighted by Crippen LogP contribution is -2.45. The van der Waals surface area contributed by atoms with Gasteiger partial charge in [0.2, 0.25) is 0 Å². The summed E-state index contributed by atoms with van der Waals surface area (Å²) in [5.41, 5.74) is 6.72. The summed E-state index contributed by atoms with van der Waals surface area (Å²) in [5.74, 6) is 0.907. The average molecular weight is 210 g/mol. The maximum atomic E-state index is 6.51. The highest BCUT2D eigenvalue weighted by Gasteiger charge is 2.31. The van der Waals surface area contributed by atoms with E-state index in [4.69, 9.17) is 5.73 Å². The van der Waals surface area contributed by atoms with E-state index >= 15 is 0 Å². The molecule has 2 fully saturated rings. The fourth-order valence-corrected chi connectivity index (χ4v) is 3.30. The topological polar surface area (TPSA) is 29.3 Å². The molecule has 2 N–H and O–H groups in total. The molecule has 0 aromatic carbocycles. The van der Waals surface area contributed by atoms with E-state index in [0.717, 1.165) is 5.92 Å². The molecule has 1 heterocycles. The molecule has 0 unspecified atom stereocenters. The van der Waals surface area contributed by atoms with Gasteiger partial charge in [0.05, 0.1) is 0 Å². The molecule has 1 saturated heterocycles. The number of hydrogen-bond acceptors (Lipinski definition) is 2. The molecule has 2 rings (SSSR count). The quantitative estimate of drug-likeness (QED) is 0.758. The van der Waals surface area contributed by atoms with Gasteiger partial charge in [0.1, 0.15) is 0 Å². The van der Waals surface area contributed by atoms with Crippen LogP contribution in [0.4, 0.5) is 0 Å². The second-order valence-electron chi connectivity index (χ2n) is 5.87. The van der Waals surface area contributed by atoms with Crippen LogP contribution in [0.25, 0.3) is 0 Å². The van der Waals surface area contributed by atoms with Crippen LogP contribution >= 0.6 is 0 Å². The zero-order chi connectivity index (χ0) is 10.7. The Balaban J connectivity index is 1.80. The fourth-order valence-electron chi connectivity index (χ4n) is 3.30. The third-order valence-corrected chi connectivity index (χ3v) is 4.38. The maximum Gasteiger partial charge on any atom is 0.0157 e. The lowest BCUT2D eigenvalue weighted by molar-refractivity contribution is 0.164. The summed E-state index contributed by atoms with van der Waals surface area (Å²) < 4.78 is 0. The highest BCUT2D eigenvalue weighted by Crippen LogP contribution is 2.34. The zero-order valence-corrected chi connectivity index (χ0v) is 10.2. The highest BCUT2D eigenvalue weighted by molar-refractivity contribution is 4.90. The van der Waals surface area contributed by atoms with Crippen molar-refractivity contribution in [2.45, 2.75) is 56.9 Å². The van der Waals surface area contributed by atoms with Crippen LogP contribution in [0.3, 0.4) is 0 Å². The van der Waals surface area contributed by atoms with E-state index in [1.54, 1.807) is 0 Å². The number of nitrogens with zero attached hydrogens (tertiary/aromatic N) is 1. The lowest BCUT2D eigenvalue weighted by Gasteiger charge is -2.39. The molecule has 15 heavy (non-hydrogen) atoms. The Hall–Kier alpha value is -0.0800. The van der Waals surface area contributed by atoms with Crippen LogP contribution in [0.1, 0.15) is 51.4 Å². The van der Waals surface area contributed by atoms with Crippen LogP contribution in [0.2, 0.25) is 0 Å². The zero-order valence-electron chi connectivity index (χ0n) is 10.2. The molecule has 2 nitrogen and oxygen atoms in total. The number of rotatable bonds is 2. The Morgan fingerprint density at radius 2 is 1.73 bits per heavy atom. The first kappa shape index (κ1) is 11.4. The van der Waals surface area contributed by atoms with Gasteiger partial charge in [-0.15, -0.1) is 0 Å². The third kappa shape index (κ3) is 3.18. The van der Waals surface area contributed by atoms with Gasteiger partial charge in [-0.05, 0) is 58.2 Å². The minimum Gasteiger partial charge on any atom is -0.325 e. The second kappa shape index (κ2) is 4.84. The smallest absolute Gasteiger partial charge is 0.0157 e. The first-order chi connectivity index (χ1) is 7.18. The predicted octanol–water partition coefficient (Wildman–Crippen LogP) is 2.38. The van der Waals surface area contributed by atoms with E-state index in [0.29, 0.717) is 0 Å². The monoisotopic (exact) mass is 210 g/mol.